The van der Waals surface area contributed by atoms with E-state index in [0.717, 1.165) is 29.4 Å². The Labute approximate surface area is 131 Å². The maximum atomic E-state index is 4.80. The van der Waals surface area contributed by atoms with Crippen LogP contribution in [-0.2, 0) is 6.54 Å². The molecule has 0 saturated heterocycles. The fraction of sp³-hybridized carbons (Fsp3) is 0.176. The molecule has 0 N–H and O–H groups in total. The fourth-order valence-corrected chi connectivity index (χ4v) is 2.48. The second-order valence-electron chi connectivity index (χ2n) is 4.73. The second kappa shape index (κ2) is 6.55. The first-order chi connectivity index (χ1) is 9.81. The Balaban J connectivity index is 0.00000161. The molecule has 4 heteroatoms. The lowest BCUT2D eigenvalue weighted by molar-refractivity contribution is -0.689. The summed E-state index contributed by atoms with van der Waals surface area (Å²) < 4.78 is 4.24. The lowest BCUT2D eigenvalue weighted by Gasteiger charge is -1.98. The van der Waals surface area contributed by atoms with Crippen LogP contribution in [0.25, 0.3) is 17.1 Å². The Kier molecular flexibility index (Phi) is 4.76. The van der Waals surface area contributed by atoms with Crippen LogP contribution < -0.4 is 17.0 Å². The SMILES string of the molecule is CC[n+]1c(-c2ccccc2)nn(-c2ccccc2)c1C.[Cl-]. The van der Waals surface area contributed by atoms with E-state index in [9.17, 15) is 0 Å². The summed E-state index contributed by atoms with van der Waals surface area (Å²) in [4.78, 5) is 0. The summed E-state index contributed by atoms with van der Waals surface area (Å²) in [5, 5.41) is 4.80. The van der Waals surface area contributed by atoms with Gasteiger partial charge in [-0.3, -0.25) is 0 Å². The Morgan fingerprint density at radius 2 is 1.52 bits per heavy atom. The van der Waals surface area contributed by atoms with Gasteiger partial charge in [-0.05, 0) is 31.2 Å². The molecule has 1 aromatic heterocycles. The van der Waals surface area contributed by atoms with Crippen LogP contribution in [0.1, 0.15) is 12.7 Å². The highest BCUT2D eigenvalue weighted by Gasteiger charge is 2.23. The lowest BCUT2D eigenvalue weighted by Crippen LogP contribution is -3.00. The normalized spacial score (nSPS) is 10.2. The van der Waals surface area contributed by atoms with Crippen molar-refractivity contribution in [3.05, 3.63) is 66.5 Å². The van der Waals surface area contributed by atoms with Gasteiger partial charge in [0.1, 0.15) is 5.69 Å². The monoisotopic (exact) mass is 299 g/mol. The van der Waals surface area contributed by atoms with Gasteiger partial charge in [0.2, 0.25) is 5.82 Å². The minimum atomic E-state index is 0. The van der Waals surface area contributed by atoms with Crippen LogP contribution in [0.2, 0.25) is 0 Å². The number of aromatic nitrogens is 3. The van der Waals surface area contributed by atoms with Crippen LogP contribution >= 0.6 is 0 Å². The number of halogens is 1. The molecule has 1 heterocycles. The number of rotatable bonds is 3. The fourth-order valence-electron chi connectivity index (χ4n) is 2.48. The maximum Gasteiger partial charge on any atom is 0.309 e. The summed E-state index contributed by atoms with van der Waals surface area (Å²) >= 11 is 0. The van der Waals surface area contributed by atoms with Gasteiger partial charge in [0, 0.05) is 6.92 Å². The highest BCUT2D eigenvalue weighted by Crippen LogP contribution is 2.16. The van der Waals surface area contributed by atoms with Gasteiger partial charge in [-0.1, -0.05) is 41.1 Å². The molecule has 0 unspecified atom stereocenters. The lowest BCUT2D eigenvalue weighted by atomic mass is 10.2. The van der Waals surface area contributed by atoms with E-state index in [1.54, 1.807) is 0 Å². The molecular formula is C17H18ClN3. The molecule has 0 amide bonds. The molecule has 0 fully saturated rings. The third-order valence-electron chi connectivity index (χ3n) is 3.50. The molecule has 0 saturated carbocycles. The van der Waals surface area contributed by atoms with Gasteiger partial charge >= 0.3 is 5.82 Å². The first-order valence-electron chi connectivity index (χ1n) is 6.91. The number of para-hydroxylation sites is 1. The minimum Gasteiger partial charge on any atom is -1.00 e. The summed E-state index contributed by atoms with van der Waals surface area (Å²) in [6, 6.07) is 20.6. The van der Waals surface area contributed by atoms with E-state index in [2.05, 4.69) is 42.7 Å². The van der Waals surface area contributed by atoms with Crippen LogP contribution in [0.15, 0.2) is 60.7 Å². The molecule has 0 radical (unpaired) electrons. The largest absolute Gasteiger partial charge is 1.00 e. The molecule has 0 aliphatic rings. The van der Waals surface area contributed by atoms with Gasteiger partial charge in [-0.2, -0.15) is 0 Å². The zero-order valence-corrected chi connectivity index (χ0v) is 13.0. The average Bonchev–Trinajstić information content (AvgIpc) is 2.86. The summed E-state index contributed by atoms with van der Waals surface area (Å²) in [6.07, 6.45) is 0. The van der Waals surface area contributed by atoms with E-state index >= 15 is 0 Å². The molecule has 3 rings (SSSR count). The zero-order valence-electron chi connectivity index (χ0n) is 12.2. The minimum absolute atomic E-state index is 0. The van der Waals surface area contributed by atoms with Gasteiger partial charge in [0.15, 0.2) is 0 Å². The van der Waals surface area contributed by atoms with Crippen molar-refractivity contribution in [1.82, 2.24) is 9.78 Å². The van der Waals surface area contributed by atoms with Crippen molar-refractivity contribution >= 4 is 0 Å². The topological polar surface area (TPSA) is 21.7 Å². The van der Waals surface area contributed by atoms with Gasteiger partial charge in [0.05, 0.1) is 17.2 Å². The van der Waals surface area contributed by atoms with Crippen molar-refractivity contribution < 1.29 is 17.0 Å². The predicted octanol–water partition coefficient (Wildman–Crippen LogP) is 0.159. The molecule has 2 aromatic carbocycles. The Morgan fingerprint density at radius 3 is 2.10 bits per heavy atom. The Hall–Kier alpha value is -2.13. The van der Waals surface area contributed by atoms with Crippen LogP contribution in [-0.4, -0.2) is 9.78 Å². The van der Waals surface area contributed by atoms with Gasteiger partial charge in [-0.15, -0.1) is 0 Å². The standard InChI is InChI=1S/C17H18N3.ClH/c1-3-19-14(2)20(16-12-8-5-9-13-16)18-17(19)15-10-6-4-7-11-15;/h4-13H,3H2,1-2H3;1H/q+1;/p-1. The maximum absolute atomic E-state index is 4.80. The number of hydrogen-bond donors (Lipinski definition) is 0. The molecule has 0 aliphatic heterocycles. The highest BCUT2D eigenvalue weighted by molar-refractivity contribution is 5.51. The first kappa shape index (κ1) is 15.3. The zero-order chi connectivity index (χ0) is 13.9. The van der Waals surface area contributed by atoms with E-state index in [1.807, 2.05) is 41.1 Å². The number of hydrogen-bond acceptors (Lipinski definition) is 1. The van der Waals surface area contributed by atoms with Crippen molar-refractivity contribution in [2.45, 2.75) is 20.4 Å². The molecule has 0 bridgehead atoms. The third-order valence-corrected chi connectivity index (χ3v) is 3.50. The van der Waals surface area contributed by atoms with Crippen molar-refractivity contribution in [3.8, 4) is 17.1 Å². The van der Waals surface area contributed by atoms with E-state index < -0.39 is 0 Å². The number of nitrogens with zero attached hydrogens (tertiary/aromatic N) is 3. The van der Waals surface area contributed by atoms with Gasteiger partial charge < -0.3 is 12.4 Å². The quantitative estimate of drug-likeness (QED) is 0.632. The first-order valence-corrected chi connectivity index (χ1v) is 6.91. The van der Waals surface area contributed by atoms with Crippen LogP contribution in [0.5, 0.6) is 0 Å². The average molecular weight is 300 g/mol. The molecule has 3 aromatic rings. The van der Waals surface area contributed by atoms with E-state index in [0.29, 0.717) is 0 Å². The summed E-state index contributed by atoms with van der Waals surface area (Å²) in [5.41, 5.74) is 2.24. The molecule has 0 spiro atoms. The molecule has 0 atom stereocenters. The predicted molar refractivity (Wildman–Crippen MR) is 79.6 cm³/mol. The van der Waals surface area contributed by atoms with Crippen LogP contribution in [0.3, 0.4) is 0 Å². The summed E-state index contributed by atoms with van der Waals surface area (Å²) in [5.74, 6) is 2.15. The molecule has 108 valence electrons. The van der Waals surface area contributed by atoms with Crippen molar-refractivity contribution in [3.63, 3.8) is 0 Å². The molecule has 0 aliphatic carbocycles. The molecular weight excluding hydrogens is 282 g/mol. The van der Waals surface area contributed by atoms with Crippen molar-refractivity contribution in [1.29, 1.82) is 0 Å². The third kappa shape index (κ3) is 2.83. The molecule has 3 nitrogen and oxygen atoms in total. The van der Waals surface area contributed by atoms with E-state index in [-0.39, 0.29) is 12.4 Å². The van der Waals surface area contributed by atoms with Gasteiger partial charge in [0.25, 0.3) is 0 Å². The summed E-state index contributed by atoms with van der Waals surface area (Å²) in [7, 11) is 0. The Morgan fingerprint density at radius 1 is 0.952 bits per heavy atom. The smallest absolute Gasteiger partial charge is 0.309 e. The van der Waals surface area contributed by atoms with E-state index in [4.69, 9.17) is 5.10 Å². The highest BCUT2D eigenvalue weighted by atomic mass is 35.5. The Bertz CT molecular complexity index is 706. The van der Waals surface area contributed by atoms with Crippen molar-refractivity contribution in [2.75, 3.05) is 0 Å². The summed E-state index contributed by atoms with van der Waals surface area (Å²) in [6.45, 7) is 5.16. The van der Waals surface area contributed by atoms with Crippen molar-refractivity contribution in [2.24, 2.45) is 0 Å². The second-order valence-corrected chi connectivity index (χ2v) is 4.73. The van der Waals surface area contributed by atoms with Gasteiger partial charge in [-0.25, -0.2) is 4.57 Å². The van der Waals surface area contributed by atoms with Crippen LogP contribution in [0.4, 0.5) is 0 Å². The number of benzene rings is 2. The molecule has 21 heavy (non-hydrogen) atoms. The van der Waals surface area contributed by atoms with E-state index in [1.165, 1.54) is 0 Å². The van der Waals surface area contributed by atoms with Crippen LogP contribution in [0, 0.1) is 6.92 Å².